The van der Waals surface area contributed by atoms with Crippen molar-refractivity contribution in [1.82, 2.24) is 0 Å². The number of hydrogen-bond donors (Lipinski definition) is 0. The molecule has 38 heavy (non-hydrogen) atoms. The first-order chi connectivity index (χ1) is 18.5. The van der Waals surface area contributed by atoms with Gasteiger partial charge in [-0.1, -0.05) is 164 Å². The van der Waals surface area contributed by atoms with Gasteiger partial charge in [-0.15, -0.1) is 0 Å². The summed E-state index contributed by atoms with van der Waals surface area (Å²) in [6.45, 7) is 2.00. The Morgan fingerprint density at radius 3 is 1.24 bits per heavy atom. The van der Waals surface area contributed by atoms with Crippen LogP contribution in [0.25, 0.3) is 0 Å². The van der Waals surface area contributed by atoms with E-state index in [2.05, 4.69) is 112 Å². The summed E-state index contributed by atoms with van der Waals surface area (Å²) in [6.07, 6.45) is 19.6. The quantitative estimate of drug-likeness (QED) is 0.0673. The second kappa shape index (κ2) is 21.7. The third-order valence-corrected chi connectivity index (χ3v) is 8.60. The molecule has 2 aromatic rings. The molecule has 0 radical (unpaired) electrons. The number of para-hydroxylation sites is 2. The van der Waals surface area contributed by atoms with E-state index in [1.54, 1.807) is 0 Å². The third kappa shape index (κ3) is 16.3. The fraction of sp³-hybridized carbons (Fsp3) is 0.625. The Hall–Kier alpha value is -0.0400. The lowest BCUT2D eigenvalue weighted by atomic mass is 10.0. The zero-order valence-corrected chi connectivity index (χ0v) is 29.3. The van der Waals surface area contributed by atoms with Gasteiger partial charge >= 0.3 is 0 Å². The molecule has 2 nitrogen and oxygen atoms in total. The fourth-order valence-electron chi connectivity index (χ4n) is 4.67. The Morgan fingerprint density at radius 2 is 0.842 bits per heavy atom. The molecule has 0 saturated carbocycles. The molecule has 2 aromatic carbocycles. The van der Waals surface area contributed by atoms with E-state index in [1.807, 2.05) is 6.92 Å². The van der Waals surface area contributed by atoms with Crippen LogP contribution >= 0.6 is 63.7 Å². The van der Waals surface area contributed by atoms with Crippen LogP contribution in [0.15, 0.2) is 48.5 Å². The fourth-order valence-corrected chi connectivity index (χ4v) is 5.97. The minimum atomic E-state index is -0.335. The Balaban J connectivity index is 1.72. The Labute approximate surface area is 265 Å². The van der Waals surface area contributed by atoms with Gasteiger partial charge < -0.3 is 9.47 Å². The van der Waals surface area contributed by atoms with E-state index < -0.39 is 0 Å². The van der Waals surface area contributed by atoms with Gasteiger partial charge in [0.1, 0.15) is 11.5 Å². The number of aryl methyl sites for hydroxylation is 2. The number of halogens is 4. The highest BCUT2D eigenvalue weighted by molar-refractivity contribution is 9.25. The number of benzene rings is 2. The summed E-state index contributed by atoms with van der Waals surface area (Å²) in [5, 5.41) is 0. The summed E-state index contributed by atoms with van der Waals surface area (Å²) < 4.78 is 13.5. The lowest BCUT2D eigenvalue weighted by Gasteiger charge is -2.20. The van der Waals surface area contributed by atoms with Gasteiger partial charge in [-0.05, 0) is 61.8 Å². The second-order valence-electron chi connectivity index (χ2n) is 10.1. The van der Waals surface area contributed by atoms with Crippen LogP contribution in [0.3, 0.4) is 0 Å². The first-order valence-electron chi connectivity index (χ1n) is 14.5. The zero-order valence-electron chi connectivity index (χ0n) is 23.0. The molecule has 0 aliphatic rings. The topological polar surface area (TPSA) is 18.5 Å². The van der Waals surface area contributed by atoms with Crippen LogP contribution in [0.1, 0.15) is 108 Å². The average molecular weight is 782 g/mol. The summed E-state index contributed by atoms with van der Waals surface area (Å²) in [7, 11) is 0. The van der Waals surface area contributed by atoms with Crippen LogP contribution in [0.5, 0.6) is 11.5 Å². The lowest BCUT2D eigenvalue weighted by molar-refractivity contribution is 0.0207. The highest BCUT2D eigenvalue weighted by atomic mass is 79.9. The van der Waals surface area contributed by atoms with Crippen LogP contribution < -0.4 is 9.47 Å². The number of alkyl halides is 4. The smallest absolute Gasteiger partial charge is 0.238 e. The Morgan fingerprint density at radius 1 is 0.500 bits per heavy atom. The molecule has 2 rings (SSSR count). The molecule has 0 aliphatic carbocycles. The van der Waals surface area contributed by atoms with Crippen LogP contribution in [0.4, 0.5) is 0 Å². The standard InChI is InChI=1S/C32H46Br4O2/c1-26(37-29-22-16-14-20-27(29)18-10-6-2-4-8-12-24-31(33)34)38-30-23-17-15-21-28(30)19-11-7-3-5-9-13-25-32(35)36/h14-17,20-23,26,31-32H,2-13,18-19,24-25H2,1H3. The van der Waals surface area contributed by atoms with Gasteiger partial charge in [-0.25, -0.2) is 0 Å². The minimum absolute atomic E-state index is 0.335. The highest BCUT2D eigenvalue weighted by Crippen LogP contribution is 2.26. The summed E-state index contributed by atoms with van der Waals surface area (Å²) in [5.41, 5.74) is 2.56. The van der Waals surface area contributed by atoms with Crippen molar-refractivity contribution in [1.29, 1.82) is 0 Å². The summed E-state index contributed by atoms with van der Waals surface area (Å²) >= 11 is 14.2. The normalized spacial score (nSPS) is 11.6. The lowest BCUT2D eigenvalue weighted by Crippen LogP contribution is -2.21. The first-order valence-corrected chi connectivity index (χ1v) is 18.2. The summed E-state index contributed by atoms with van der Waals surface area (Å²) in [6, 6.07) is 16.9. The van der Waals surface area contributed by atoms with Crippen molar-refractivity contribution in [2.45, 2.75) is 123 Å². The van der Waals surface area contributed by atoms with Crippen molar-refractivity contribution in [2.24, 2.45) is 0 Å². The summed E-state index contributed by atoms with van der Waals surface area (Å²) in [5.74, 6) is 1.90. The molecule has 0 saturated heterocycles. The molecule has 6 heteroatoms. The maximum atomic E-state index is 6.30. The van der Waals surface area contributed by atoms with Crippen LogP contribution in [-0.2, 0) is 12.8 Å². The van der Waals surface area contributed by atoms with Crippen molar-refractivity contribution in [3.8, 4) is 11.5 Å². The average Bonchev–Trinajstić information content (AvgIpc) is 2.88. The van der Waals surface area contributed by atoms with Gasteiger partial charge in [0, 0.05) is 6.92 Å². The predicted molar refractivity (Wildman–Crippen MR) is 179 cm³/mol. The molecule has 0 atom stereocenters. The molecule has 0 bridgehead atoms. The second-order valence-corrected chi connectivity index (χ2v) is 17.0. The van der Waals surface area contributed by atoms with Crippen molar-refractivity contribution >= 4 is 63.7 Å². The minimum Gasteiger partial charge on any atom is -0.455 e. The van der Waals surface area contributed by atoms with Gasteiger partial charge in [0.15, 0.2) is 0 Å². The molecule has 0 unspecified atom stereocenters. The van der Waals surface area contributed by atoms with Crippen molar-refractivity contribution in [3.05, 3.63) is 59.7 Å². The SMILES string of the molecule is CC(Oc1ccccc1CCCCCCCCC(Br)Br)Oc1ccccc1CCCCCCCCC(Br)Br. The Kier molecular flexibility index (Phi) is 19.5. The van der Waals surface area contributed by atoms with Gasteiger partial charge in [0.2, 0.25) is 6.29 Å². The first kappa shape index (κ1) is 34.2. The number of hydrogen-bond acceptors (Lipinski definition) is 2. The highest BCUT2D eigenvalue weighted by Gasteiger charge is 2.12. The summed E-state index contributed by atoms with van der Waals surface area (Å²) in [4.78, 5) is 0. The van der Waals surface area contributed by atoms with Gasteiger partial charge in [0.25, 0.3) is 0 Å². The number of rotatable bonds is 22. The van der Waals surface area contributed by atoms with Gasteiger partial charge in [-0.3, -0.25) is 0 Å². The van der Waals surface area contributed by atoms with E-state index in [4.69, 9.17) is 9.47 Å². The van der Waals surface area contributed by atoms with Crippen LogP contribution in [-0.4, -0.2) is 13.8 Å². The van der Waals surface area contributed by atoms with E-state index in [0.717, 1.165) is 24.3 Å². The van der Waals surface area contributed by atoms with Crippen molar-refractivity contribution in [2.75, 3.05) is 0 Å². The largest absolute Gasteiger partial charge is 0.455 e. The molecule has 0 spiro atoms. The molecule has 0 heterocycles. The van der Waals surface area contributed by atoms with E-state index in [0.29, 0.717) is 7.47 Å². The van der Waals surface area contributed by atoms with Gasteiger partial charge in [0.05, 0.1) is 7.47 Å². The zero-order chi connectivity index (χ0) is 27.4. The van der Waals surface area contributed by atoms with E-state index in [1.165, 1.54) is 101 Å². The van der Waals surface area contributed by atoms with Gasteiger partial charge in [-0.2, -0.15) is 0 Å². The molecular formula is C32H46Br4O2. The number of ether oxygens (including phenoxy) is 2. The number of unbranched alkanes of at least 4 members (excludes halogenated alkanes) is 10. The van der Waals surface area contributed by atoms with Crippen molar-refractivity contribution < 1.29 is 9.47 Å². The molecule has 0 aliphatic heterocycles. The van der Waals surface area contributed by atoms with E-state index >= 15 is 0 Å². The van der Waals surface area contributed by atoms with E-state index in [9.17, 15) is 0 Å². The van der Waals surface area contributed by atoms with Crippen LogP contribution in [0, 0.1) is 0 Å². The molecule has 214 valence electrons. The van der Waals surface area contributed by atoms with Crippen molar-refractivity contribution in [3.63, 3.8) is 0 Å². The molecule has 0 N–H and O–H groups in total. The maximum Gasteiger partial charge on any atom is 0.238 e. The van der Waals surface area contributed by atoms with Crippen LogP contribution in [0.2, 0.25) is 0 Å². The van der Waals surface area contributed by atoms with E-state index in [-0.39, 0.29) is 6.29 Å². The monoisotopic (exact) mass is 778 g/mol. The molecule has 0 fully saturated rings. The maximum absolute atomic E-state index is 6.30. The molecular weight excluding hydrogens is 736 g/mol. The third-order valence-electron chi connectivity index (χ3n) is 6.77. The molecule has 0 amide bonds. The Bertz CT molecular complexity index is 789. The molecule has 0 aromatic heterocycles. The predicted octanol–water partition coefficient (Wildman–Crippen LogP) is 12.3.